The van der Waals surface area contributed by atoms with Crippen molar-refractivity contribution < 1.29 is 18.8 Å². The summed E-state index contributed by atoms with van der Waals surface area (Å²) >= 11 is 0. The highest BCUT2D eigenvalue weighted by Crippen LogP contribution is 2.17. The van der Waals surface area contributed by atoms with Gasteiger partial charge in [0.05, 0.1) is 20.8 Å². The van der Waals surface area contributed by atoms with Crippen LogP contribution in [-0.2, 0) is 17.7 Å². The monoisotopic (exact) mass is 405 g/mol. The molecule has 152 valence electrons. The number of aryl methyl sites for hydroxylation is 2. The van der Waals surface area contributed by atoms with E-state index in [0.29, 0.717) is 29.6 Å². The Kier molecular flexibility index (Phi) is 5.05. The molecule has 2 N–H and O–H groups in total. The first-order chi connectivity index (χ1) is 14.5. The summed E-state index contributed by atoms with van der Waals surface area (Å²) in [5.74, 6) is 0.366. The minimum absolute atomic E-state index is 0.134. The van der Waals surface area contributed by atoms with Crippen molar-refractivity contribution in [3.05, 3.63) is 76.2 Å². The third kappa shape index (κ3) is 3.32. The number of carbonyl (C=O) groups excluding carboxylic acids is 1. The first kappa shape index (κ1) is 19.4. The molecule has 0 saturated heterocycles. The number of nitrogens with zero attached hydrogens (tertiary/aromatic N) is 3. The highest BCUT2D eigenvalue weighted by Gasteiger charge is 2.24. The number of methoxy groups -OCH3 is 2. The van der Waals surface area contributed by atoms with Crippen LogP contribution in [0.2, 0.25) is 0 Å². The summed E-state index contributed by atoms with van der Waals surface area (Å²) in [7, 11) is 2.89. The van der Waals surface area contributed by atoms with Gasteiger partial charge in [-0.1, -0.05) is 23.2 Å². The van der Waals surface area contributed by atoms with E-state index in [1.807, 2.05) is 30.3 Å². The predicted molar refractivity (Wildman–Crippen MR) is 112 cm³/mol. The minimum atomic E-state index is -0.606. The Hall–Kier alpha value is -3.94. The molecule has 0 radical (unpaired) electrons. The van der Waals surface area contributed by atoms with Gasteiger partial charge in [-0.25, -0.2) is 9.36 Å². The van der Waals surface area contributed by atoms with E-state index in [0.717, 1.165) is 11.3 Å². The molecule has 3 heterocycles. The Labute approximate surface area is 172 Å². The maximum atomic E-state index is 13.1. The average Bonchev–Trinajstić information content (AvgIpc) is 2.78. The van der Waals surface area contributed by atoms with E-state index >= 15 is 0 Å². The Bertz CT molecular complexity index is 1310. The van der Waals surface area contributed by atoms with Crippen LogP contribution in [0.3, 0.4) is 0 Å². The lowest BCUT2D eigenvalue weighted by Crippen LogP contribution is -2.42. The Morgan fingerprint density at radius 3 is 2.63 bits per heavy atom. The van der Waals surface area contributed by atoms with Crippen LogP contribution in [0.5, 0.6) is 5.75 Å². The van der Waals surface area contributed by atoms with Crippen LogP contribution in [0.25, 0.3) is 16.7 Å². The molecule has 0 atom stereocenters. The van der Waals surface area contributed by atoms with Crippen molar-refractivity contribution in [1.29, 1.82) is 0 Å². The number of aromatic nitrogens is 3. The fourth-order valence-corrected chi connectivity index (χ4v) is 3.43. The highest BCUT2D eigenvalue weighted by atomic mass is 16.5. The Morgan fingerprint density at radius 1 is 1.17 bits per heavy atom. The van der Waals surface area contributed by atoms with E-state index in [2.05, 4.69) is 4.98 Å². The lowest BCUT2D eigenvalue weighted by molar-refractivity contribution is -0.658. The van der Waals surface area contributed by atoms with Crippen molar-refractivity contribution >= 4 is 28.5 Å². The molecule has 4 rings (SSSR count). The number of anilines is 1. The summed E-state index contributed by atoms with van der Waals surface area (Å²) in [4.78, 5) is 30.0. The standard InChI is InChI=1S/C22H20N4O4/c1-29-15-8-6-14(7-9-15)10-12-26-19(23)16(22(28)30-2)13-17-20(26)24-18-5-3-4-11-25(18)21(17)27/h3-9,11,13,23H,10,12H2,1-2H3/p+1. The van der Waals surface area contributed by atoms with Crippen molar-refractivity contribution in [2.24, 2.45) is 0 Å². The van der Waals surface area contributed by atoms with Gasteiger partial charge in [0.1, 0.15) is 16.7 Å². The second-order valence-electron chi connectivity index (χ2n) is 6.77. The van der Waals surface area contributed by atoms with Gasteiger partial charge >= 0.3 is 5.97 Å². The number of nitrogen functional groups attached to an aromatic ring is 1. The molecule has 0 amide bonds. The number of benzene rings is 1. The maximum absolute atomic E-state index is 13.1. The van der Waals surface area contributed by atoms with Crippen LogP contribution < -0.4 is 20.6 Å². The smallest absolute Gasteiger partial charge is 0.344 e. The summed E-state index contributed by atoms with van der Waals surface area (Å²) in [6, 6.07) is 14.4. The number of hydrogen-bond donors (Lipinski definition) is 1. The second kappa shape index (κ2) is 7.82. The van der Waals surface area contributed by atoms with Crippen molar-refractivity contribution in [3.8, 4) is 5.75 Å². The SMILES string of the molecule is COC(=O)c1cc2c(=O)n3ccccc3nc2[n+](CCc2ccc(OC)cc2)c1N. The normalized spacial score (nSPS) is 11.0. The molecule has 8 heteroatoms. The zero-order valence-corrected chi connectivity index (χ0v) is 16.7. The van der Waals surface area contributed by atoms with Crippen LogP contribution >= 0.6 is 0 Å². The molecule has 3 aromatic heterocycles. The van der Waals surface area contributed by atoms with Gasteiger partial charge in [-0.05, 0) is 35.9 Å². The third-order valence-electron chi connectivity index (χ3n) is 5.05. The molecule has 0 spiro atoms. The fraction of sp³-hybridized carbons (Fsp3) is 0.182. The van der Waals surface area contributed by atoms with E-state index < -0.39 is 5.97 Å². The Balaban J connectivity index is 1.89. The van der Waals surface area contributed by atoms with Crippen molar-refractivity contribution in [1.82, 2.24) is 9.38 Å². The van der Waals surface area contributed by atoms with Crippen LogP contribution in [0.15, 0.2) is 59.5 Å². The summed E-state index contributed by atoms with van der Waals surface area (Å²) < 4.78 is 13.2. The van der Waals surface area contributed by atoms with E-state index in [4.69, 9.17) is 15.2 Å². The lowest BCUT2D eigenvalue weighted by Gasteiger charge is -2.11. The van der Waals surface area contributed by atoms with Gasteiger partial charge < -0.3 is 15.2 Å². The van der Waals surface area contributed by atoms with Crippen LogP contribution in [0, 0.1) is 0 Å². The van der Waals surface area contributed by atoms with Gasteiger partial charge in [-0.15, -0.1) is 0 Å². The van der Waals surface area contributed by atoms with Crippen molar-refractivity contribution in [2.75, 3.05) is 20.0 Å². The molecule has 30 heavy (non-hydrogen) atoms. The molecule has 0 unspecified atom stereocenters. The molecule has 0 saturated carbocycles. The lowest BCUT2D eigenvalue weighted by atomic mass is 10.1. The third-order valence-corrected chi connectivity index (χ3v) is 5.05. The summed E-state index contributed by atoms with van der Waals surface area (Å²) in [6.45, 7) is 0.426. The van der Waals surface area contributed by atoms with Crippen LogP contribution in [-0.4, -0.2) is 29.6 Å². The topological polar surface area (TPSA) is 99.8 Å². The number of pyridine rings is 2. The highest BCUT2D eigenvalue weighted by molar-refractivity contribution is 5.96. The minimum Gasteiger partial charge on any atom is -0.497 e. The number of nitrogens with two attached hydrogens (primary N) is 1. The maximum Gasteiger partial charge on any atom is 0.344 e. The molecule has 0 bridgehead atoms. The number of hydrogen-bond acceptors (Lipinski definition) is 6. The summed E-state index contributed by atoms with van der Waals surface area (Å²) in [6.07, 6.45) is 2.26. The van der Waals surface area contributed by atoms with E-state index in [1.54, 1.807) is 30.0 Å². The molecule has 4 aromatic rings. The molecule has 1 aromatic carbocycles. The van der Waals surface area contributed by atoms with E-state index in [1.165, 1.54) is 17.6 Å². The molecule has 0 aliphatic rings. The van der Waals surface area contributed by atoms with Crippen molar-refractivity contribution in [2.45, 2.75) is 13.0 Å². The molecular weight excluding hydrogens is 384 g/mol. The number of fused-ring (bicyclic) bond motifs is 2. The second-order valence-corrected chi connectivity index (χ2v) is 6.77. The number of carbonyl (C=O) groups is 1. The summed E-state index contributed by atoms with van der Waals surface area (Å²) in [5, 5.41) is 0.294. The van der Waals surface area contributed by atoms with E-state index in [-0.39, 0.29) is 16.9 Å². The first-order valence-electron chi connectivity index (χ1n) is 9.38. The van der Waals surface area contributed by atoms with Gasteiger partial charge in [-0.2, -0.15) is 0 Å². The van der Waals surface area contributed by atoms with Gasteiger partial charge in [0.2, 0.25) is 11.5 Å². The molecule has 0 aliphatic carbocycles. The predicted octanol–water partition coefficient (Wildman–Crippen LogP) is 1.76. The van der Waals surface area contributed by atoms with Gasteiger partial charge in [0.15, 0.2) is 0 Å². The largest absolute Gasteiger partial charge is 0.497 e. The Morgan fingerprint density at radius 2 is 1.93 bits per heavy atom. The van der Waals surface area contributed by atoms with Crippen LogP contribution in [0.1, 0.15) is 15.9 Å². The van der Waals surface area contributed by atoms with E-state index in [9.17, 15) is 9.59 Å². The zero-order valence-electron chi connectivity index (χ0n) is 16.7. The average molecular weight is 405 g/mol. The zero-order chi connectivity index (χ0) is 21.3. The molecule has 0 aliphatic heterocycles. The van der Waals surface area contributed by atoms with Gasteiger partial charge in [0.25, 0.3) is 11.2 Å². The number of rotatable bonds is 5. The van der Waals surface area contributed by atoms with Gasteiger partial charge in [0, 0.05) is 12.6 Å². The fourth-order valence-electron chi connectivity index (χ4n) is 3.43. The first-order valence-corrected chi connectivity index (χ1v) is 9.38. The molecule has 0 fully saturated rings. The molecule has 8 nitrogen and oxygen atoms in total. The van der Waals surface area contributed by atoms with Gasteiger partial charge in [-0.3, -0.25) is 9.20 Å². The molecular formula is C22H21N4O4+. The van der Waals surface area contributed by atoms with Crippen LogP contribution in [0.4, 0.5) is 5.82 Å². The quantitative estimate of drug-likeness (QED) is 0.309. The number of esters is 1. The number of ether oxygens (including phenoxy) is 2. The van der Waals surface area contributed by atoms with Crippen molar-refractivity contribution in [3.63, 3.8) is 0 Å². The summed E-state index contributed by atoms with van der Waals surface area (Å²) in [5.41, 5.74) is 8.15.